The Morgan fingerprint density at radius 3 is 2.62 bits per heavy atom. The van der Waals surface area contributed by atoms with E-state index in [9.17, 15) is 9.59 Å². The van der Waals surface area contributed by atoms with Gasteiger partial charge in [-0.05, 0) is 31.5 Å². The number of rotatable bonds is 4. The molecule has 7 nitrogen and oxygen atoms in total. The average molecular weight is 373 g/mol. The van der Waals surface area contributed by atoms with Crippen molar-refractivity contribution in [3.8, 4) is 0 Å². The van der Waals surface area contributed by atoms with Gasteiger partial charge in [-0.3, -0.25) is 25.1 Å². The Balaban J connectivity index is 1.60. The molecule has 0 saturated heterocycles. The summed E-state index contributed by atoms with van der Waals surface area (Å²) in [6.07, 6.45) is 3.00. The lowest BCUT2D eigenvalue weighted by molar-refractivity contribution is 0.0845. The van der Waals surface area contributed by atoms with Gasteiger partial charge in [-0.15, -0.1) is 0 Å². The fourth-order valence-electron chi connectivity index (χ4n) is 2.48. The molecule has 0 fully saturated rings. The Bertz CT molecular complexity index is 961. The van der Waals surface area contributed by atoms with E-state index in [4.69, 9.17) is 16.0 Å². The summed E-state index contributed by atoms with van der Waals surface area (Å²) in [7, 11) is 0. The smallest absolute Gasteiger partial charge is 0.273 e. The van der Waals surface area contributed by atoms with Crippen molar-refractivity contribution in [2.75, 3.05) is 0 Å². The van der Waals surface area contributed by atoms with Crippen LogP contribution in [-0.2, 0) is 6.54 Å². The zero-order valence-electron chi connectivity index (χ0n) is 14.2. The first-order valence-electron chi connectivity index (χ1n) is 7.87. The van der Waals surface area contributed by atoms with E-state index in [0.29, 0.717) is 34.2 Å². The number of aryl methyl sites for hydroxylation is 2. The summed E-state index contributed by atoms with van der Waals surface area (Å²) in [6, 6.07) is 9.02. The van der Waals surface area contributed by atoms with Gasteiger partial charge in [-0.25, -0.2) is 0 Å². The molecule has 3 aromatic rings. The lowest BCUT2D eigenvalue weighted by atomic mass is 10.2. The van der Waals surface area contributed by atoms with Crippen molar-refractivity contribution in [2.24, 2.45) is 0 Å². The minimum Gasteiger partial charge on any atom is -0.466 e. The lowest BCUT2D eigenvalue weighted by Crippen LogP contribution is -2.41. The minimum atomic E-state index is -0.471. The number of benzene rings is 1. The van der Waals surface area contributed by atoms with Crippen molar-refractivity contribution >= 4 is 23.4 Å². The summed E-state index contributed by atoms with van der Waals surface area (Å²) in [4.78, 5) is 24.3. The normalized spacial score (nSPS) is 10.6. The quantitative estimate of drug-likeness (QED) is 0.689. The highest BCUT2D eigenvalue weighted by Gasteiger charge is 2.15. The highest BCUT2D eigenvalue weighted by molar-refractivity contribution is 6.31. The second-order valence-corrected chi connectivity index (χ2v) is 6.16. The summed E-state index contributed by atoms with van der Waals surface area (Å²) in [6.45, 7) is 3.87. The Morgan fingerprint density at radius 1 is 1.19 bits per heavy atom. The zero-order valence-corrected chi connectivity index (χ0v) is 15.0. The summed E-state index contributed by atoms with van der Waals surface area (Å²) in [5.74, 6) is 0.194. The number of carbonyl (C=O) groups is 2. The topological polar surface area (TPSA) is 89.2 Å². The number of aromatic nitrogens is 2. The van der Waals surface area contributed by atoms with E-state index < -0.39 is 11.8 Å². The molecule has 0 aliphatic rings. The number of amides is 2. The van der Waals surface area contributed by atoms with Crippen LogP contribution in [0.2, 0.25) is 5.02 Å². The van der Waals surface area contributed by atoms with Crippen LogP contribution < -0.4 is 10.9 Å². The van der Waals surface area contributed by atoms with Gasteiger partial charge in [0.25, 0.3) is 11.8 Å². The molecule has 134 valence electrons. The number of hydrazine groups is 1. The first-order valence-corrected chi connectivity index (χ1v) is 8.25. The SMILES string of the molecule is Cc1cc(C(=O)NNC(=O)c2cnn(Cc3ccccc3Cl)c2)c(C)o1. The van der Waals surface area contributed by atoms with Crippen LogP contribution in [0.1, 0.15) is 37.8 Å². The number of nitrogens with one attached hydrogen (secondary N) is 2. The molecule has 26 heavy (non-hydrogen) atoms. The van der Waals surface area contributed by atoms with Crippen LogP contribution in [-0.4, -0.2) is 21.6 Å². The van der Waals surface area contributed by atoms with E-state index in [0.717, 1.165) is 5.56 Å². The molecule has 0 unspecified atom stereocenters. The highest BCUT2D eigenvalue weighted by Crippen LogP contribution is 2.16. The highest BCUT2D eigenvalue weighted by atomic mass is 35.5. The predicted octanol–water partition coefficient (Wildman–Crippen LogP) is 2.87. The van der Waals surface area contributed by atoms with Gasteiger partial charge in [-0.2, -0.15) is 5.10 Å². The van der Waals surface area contributed by atoms with E-state index >= 15 is 0 Å². The van der Waals surface area contributed by atoms with E-state index in [1.807, 2.05) is 18.2 Å². The van der Waals surface area contributed by atoms with Crippen LogP contribution in [0.5, 0.6) is 0 Å². The van der Waals surface area contributed by atoms with Gasteiger partial charge >= 0.3 is 0 Å². The van der Waals surface area contributed by atoms with Crippen molar-refractivity contribution in [3.63, 3.8) is 0 Å². The van der Waals surface area contributed by atoms with Crippen molar-refractivity contribution in [3.05, 3.63) is 76.0 Å². The van der Waals surface area contributed by atoms with E-state index in [2.05, 4.69) is 16.0 Å². The van der Waals surface area contributed by atoms with Gasteiger partial charge < -0.3 is 4.42 Å². The monoisotopic (exact) mass is 372 g/mol. The second-order valence-electron chi connectivity index (χ2n) is 5.75. The van der Waals surface area contributed by atoms with Crippen LogP contribution in [0, 0.1) is 13.8 Å². The fourth-order valence-corrected chi connectivity index (χ4v) is 2.67. The lowest BCUT2D eigenvalue weighted by Gasteiger charge is -2.05. The maximum absolute atomic E-state index is 12.2. The number of hydrogen-bond acceptors (Lipinski definition) is 4. The van der Waals surface area contributed by atoms with Crippen LogP contribution in [0.4, 0.5) is 0 Å². The molecule has 0 aliphatic heterocycles. The first-order chi connectivity index (χ1) is 12.4. The van der Waals surface area contributed by atoms with E-state index in [1.54, 1.807) is 36.9 Å². The standard InChI is InChI=1S/C18H17ClN4O3/c1-11-7-15(12(2)26-11)18(25)22-21-17(24)14-8-20-23(10-14)9-13-5-3-4-6-16(13)19/h3-8,10H,9H2,1-2H3,(H,21,24)(H,22,25). The van der Waals surface area contributed by atoms with Gasteiger partial charge in [0, 0.05) is 11.2 Å². The third kappa shape index (κ3) is 3.94. The van der Waals surface area contributed by atoms with Gasteiger partial charge in [-0.1, -0.05) is 29.8 Å². The number of nitrogens with zero attached hydrogens (tertiary/aromatic N) is 2. The zero-order chi connectivity index (χ0) is 18.7. The van der Waals surface area contributed by atoms with Crippen LogP contribution in [0.15, 0.2) is 47.1 Å². The van der Waals surface area contributed by atoms with Crippen molar-refractivity contribution in [1.82, 2.24) is 20.6 Å². The third-order valence-corrected chi connectivity index (χ3v) is 4.13. The largest absolute Gasteiger partial charge is 0.466 e. The van der Waals surface area contributed by atoms with Crippen molar-refractivity contribution in [1.29, 1.82) is 0 Å². The molecule has 2 N–H and O–H groups in total. The Hall–Kier alpha value is -3.06. The molecule has 0 spiro atoms. The molecule has 0 saturated carbocycles. The molecular weight excluding hydrogens is 356 g/mol. The van der Waals surface area contributed by atoms with E-state index in [1.165, 1.54) is 6.20 Å². The molecule has 0 aliphatic carbocycles. The number of furan rings is 1. The minimum absolute atomic E-state index is 0.317. The van der Waals surface area contributed by atoms with Crippen LogP contribution in [0.3, 0.4) is 0 Å². The molecule has 2 amide bonds. The van der Waals surface area contributed by atoms with Gasteiger partial charge in [0.05, 0.1) is 23.9 Å². The van der Waals surface area contributed by atoms with Crippen molar-refractivity contribution < 1.29 is 14.0 Å². The van der Waals surface area contributed by atoms with Gasteiger partial charge in [0.2, 0.25) is 0 Å². The maximum atomic E-state index is 12.2. The first kappa shape index (κ1) is 17.8. The third-order valence-electron chi connectivity index (χ3n) is 3.76. The Labute approximate surface area is 154 Å². The second kappa shape index (κ2) is 7.45. The van der Waals surface area contributed by atoms with E-state index in [-0.39, 0.29) is 0 Å². The molecule has 2 heterocycles. The molecule has 2 aromatic heterocycles. The molecule has 3 rings (SSSR count). The maximum Gasteiger partial charge on any atom is 0.273 e. The van der Waals surface area contributed by atoms with Crippen LogP contribution >= 0.6 is 11.6 Å². The van der Waals surface area contributed by atoms with Crippen LogP contribution in [0.25, 0.3) is 0 Å². The average Bonchev–Trinajstić information content (AvgIpc) is 3.20. The molecule has 0 atom stereocenters. The summed E-state index contributed by atoms with van der Waals surface area (Å²) >= 11 is 6.13. The van der Waals surface area contributed by atoms with Crippen molar-refractivity contribution in [2.45, 2.75) is 20.4 Å². The molecule has 8 heteroatoms. The molecule has 0 radical (unpaired) electrons. The Kier molecular flexibility index (Phi) is 5.09. The van der Waals surface area contributed by atoms with Gasteiger partial charge in [0.1, 0.15) is 11.5 Å². The number of hydrogen-bond donors (Lipinski definition) is 2. The number of halogens is 1. The molecular formula is C18H17ClN4O3. The molecule has 0 bridgehead atoms. The summed E-state index contributed by atoms with van der Waals surface area (Å²) in [5.41, 5.74) is 6.31. The molecule has 1 aromatic carbocycles. The summed E-state index contributed by atoms with van der Waals surface area (Å²) < 4.78 is 6.90. The fraction of sp³-hybridized carbons (Fsp3) is 0.167. The predicted molar refractivity (Wildman–Crippen MR) is 95.9 cm³/mol. The van der Waals surface area contributed by atoms with Gasteiger partial charge in [0.15, 0.2) is 0 Å². The Morgan fingerprint density at radius 2 is 1.92 bits per heavy atom. The number of carbonyl (C=O) groups excluding carboxylic acids is 2. The summed E-state index contributed by atoms with van der Waals surface area (Å²) in [5, 5.41) is 4.78.